The van der Waals surface area contributed by atoms with E-state index in [-0.39, 0.29) is 25.1 Å². The number of nitrogens with one attached hydrogen (secondary N) is 1. The molecule has 156 valence electrons. The fourth-order valence-corrected chi connectivity index (χ4v) is 2.83. The van der Waals surface area contributed by atoms with Crippen molar-refractivity contribution in [3.05, 3.63) is 64.9 Å². The fraction of sp³-hybridized carbons (Fsp3) is 0.364. The van der Waals surface area contributed by atoms with Gasteiger partial charge in [-0.05, 0) is 38.5 Å². The molecule has 0 aliphatic carbocycles. The summed E-state index contributed by atoms with van der Waals surface area (Å²) in [4.78, 5) is 26.8. The van der Waals surface area contributed by atoms with Crippen molar-refractivity contribution in [1.29, 1.82) is 0 Å². The Balaban J connectivity index is 2.18. The highest BCUT2D eigenvalue weighted by Crippen LogP contribution is 2.23. The van der Waals surface area contributed by atoms with Crippen molar-refractivity contribution >= 4 is 23.4 Å². The van der Waals surface area contributed by atoms with E-state index in [9.17, 15) is 14.0 Å². The third-order valence-corrected chi connectivity index (χ3v) is 4.97. The molecular formula is C22H26ClFN2O3. The molecule has 2 amide bonds. The molecular weight excluding hydrogens is 395 g/mol. The number of amides is 2. The van der Waals surface area contributed by atoms with Crippen LogP contribution in [0.2, 0.25) is 5.02 Å². The first-order chi connectivity index (χ1) is 13.8. The van der Waals surface area contributed by atoms with Crippen LogP contribution in [-0.2, 0) is 16.1 Å². The fourth-order valence-electron chi connectivity index (χ4n) is 2.64. The molecule has 0 unspecified atom stereocenters. The van der Waals surface area contributed by atoms with E-state index in [0.717, 1.165) is 6.42 Å². The molecule has 0 aliphatic heterocycles. The van der Waals surface area contributed by atoms with E-state index in [4.69, 9.17) is 16.3 Å². The van der Waals surface area contributed by atoms with Gasteiger partial charge in [-0.1, -0.05) is 48.9 Å². The van der Waals surface area contributed by atoms with Gasteiger partial charge in [0.1, 0.15) is 17.6 Å². The Kier molecular flexibility index (Phi) is 8.46. The highest BCUT2D eigenvalue weighted by molar-refractivity contribution is 6.32. The Labute approximate surface area is 175 Å². The lowest BCUT2D eigenvalue weighted by Crippen LogP contribution is -2.50. The summed E-state index contributed by atoms with van der Waals surface area (Å²) in [5.74, 6) is -0.821. The van der Waals surface area contributed by atoms with Gasteiger partial charge in [0.05, 0.1) is 5.02 Å². The van der Waals surface area contributed by atoms with Crippen molar-refractivity contribution in [2.75, 3.05) is 6.61 Å². The Morgan fingerprint density at radius 3 is 2.45 bits per heavy atom. The smallest absolute Gasteiger partial charge is 0.261 e. The van der Waals surface area contributed by atoms with Crippen LogP contribution >= 0.6 is 11.6 Å². The van der Waals surface area contributed by atoms with Gasteiger partial charge < -0.3 is 15.0 Å². The Morgan fingerprint density at radius 2 is 1.79 bits per heavy atom. The maximum absolute atomic E-state index is 14.2. The molecule has 2 aromatic rings. The van der Waals surface area contributed by atoms with Crippen LogP contribution in [0.25, 0.3) is 0 Å². The standard InChI is InChI=1S/C22H26ClFN2O3/c1-4-15(2)25-22(28)16(3)26(13-17-9-5-7-11-19(17)24)21(27)14-29-20-12-8-6-10-18(20)23/h5-12,15-16H,4,13-14H2,1-3H3,(H,25,28)/t15-,16+/m0/s1. The van der Waals surface area contributed by atoms with Crippen LogP contribution in [-0.4, -0.2) is 35.4 Å². The number of halogens is 2. The molecule has 0 radical (unpaired) electrons. The lowest BCUT2D eigenvalue weighted by atomic mass is 10.1. The van der Waals surface area contributed by atoms with Crippen molar-refractivity contribution in [1.82, 2.24) is 10.2 Å². The summed E-state index contributed by atoms with van der Waals surface area (Å²) in [5.41, 5.74) is 0.321. The van der Waals surface area contributed by atoms with Crippen LogP contribution in [0.5, 0.6) is 5.75 Å². The summed E-state index contributed by atoms with van der Waals surface area (Å²) in [5, 5.41) is 3.24. The average Bonchev–Trinajstić information content (AvgIpc) is 2.71. The molecule has 2 aromatic carbocycles. The molecule has 0 fully saturated rings. The normalized spacial score (nSPS) is 12.7. The van der Waals surface area contributed by atoms with Gasteiger partial charge in [0.15, 0.2) is 6.61 Å². The quantitative estimate of drug-likeness (QED) is 0.661. The second-order valence-corrected chi connectivity index (χ2v) is 7.23. The average molecular weight is 421 g/mol. The molecule has 0 aliphatic rings. The first-order valence-corrected chi connectivity index (χ1v) is 9.91. The van der Waals surface area contributed by atoms with Gasteiger partial charge in [-0.2, -0.15) is 0 Å². The van der Waals surface area contributed by atoms with Gasteiger partial charge in [-0.25, -0.2) is 4.39 Å². The van der Waals surface area contributed by atoms with Crippen LogP contribution in [0.4, 0.5) is 4.39 Å². The van der Waals surface area contributed by atoms with Crippen LogP contribution in [0.15, 0.2) is 48.5 Å². The maximum atomic E-state index is 14.2. The van der Waals surface area contributed by atoms with E-state index in [1.54, 1.807) is 49.4 Å². The summed E-state index contributed by atoms with van der Waals surface area (Å²) >= 11 is 6.06. The first kappa shape index (κ1) is 22.7. The van der Waals surface area contributed by atoms with Gasteiger partial charge in [-0.3, -0.25) is 9.59 Å². The number of nitrogens with zero attached hydrogens (tertiary/aromatic N) is 1. The zero-order valence-corrected chi connectivity index (χ0v) is 17.6. The molecule has 5 nitrogen and oxygen atoms in total. The second kappa shape index (κ2) is 10.8. The van der Waals surface area contributed by atoms with E-state index < -0.39 is 17.8 Å². The predicted molar refractivity (Wildman–Crippen MR) is 111 cm³/mol. The molecule has 0 spiro atoms. The minimum Gasteiger partial charge on any atom is -0.482 e. The van der Waals surface area contributed by atoms with Crippen molar-refractivity contribution in [3.63, 3.8) is 0 Å². The van der Waals surface area contributed by atoms with E-state index in [0.29, 0.717) is 16.3 Å². The SMILES string of the molecule is CC[C@H](C)NC(=O)[C@@H](C)N(Cc1ccccc1F)C(=O)COc1ccccc1Cl. The minimum atomic E-state index is -0.800. The van der Waals surface area contributed by atoms with Gasteiger partial charge >= 0.3 is 0 Å². The molecule has 2 rings (SSSR count). The number of hydrogen-bond acceptors (Lipinski definition) is 3. The summed E-state index contributed by atoms with van der Waals surface area (Å²) in [6.45, 7) is 5.08. The predicted octanol–water partition coefficient (Wildman–Crippen LogP) is 4.19. The van der Waals surface area contributed by atoms with Gasteiger partial charge in [-0.15, -0.1) is 0 Å². The second-order valence-electron chi connectivity index (χ2n) is 6.83. The van der Waals surface area contributed by atoms with E-state index in [1.807, 2.05) is 13.8 Å². The zero-order chi connectivity index (χ0) is 21.4. The number of carbonyl (C=O) groups is 2. The van der Waals surface area contributed by atoms with Crippen LogP contribution < -0.4 is 10.1 Å². The third-order valence-electron chi connectivity index (χ3n) is 4.65. The Hall–Kier alpha value is -2.60. The van der Waals surface area contributed by atoms with Crippen molar-refractivity contribution < 1.29 is 18.7 Å². The number of hydrogen-bond donors (Lipinski definition) is 1. The summed E-state index contributed by atoms with van der Waals surface area (Å²) < 4.78 is 19.7. The molecule has 0 aromatic heterocycles. The molecule has 7 heteroatoms. The monoisotopic (exact) mass is 420 g/mol. The largest absolute Gasteiger partial charge is 0.482 e. The molecule has 0 heterocycles. The van der Waals surface area contributed by atoms with Crippen LogP contribution in [0, 0.1) is 5.82 Å². The lowest BCUT2D eigenvalue weighted by molar-refractivity contribution is -0.142. The molecule has 2 atom stereocenters. The van der Waals surface area contributed by atoms with Gasteiger partial charge in [0.25, 0.3) is 5.91 Å². The lowest BCUT2D eigenvalue weighted by Gasteiger charge is -2.29. The van der Waals surface area contributed by atoms with Gasteiger partial charge in [0, 0.05) is 18.2 Å². The minimum absolute atomic E-state index is 0.0326. The molecule has 0 saturated heterocycles. The summed E-state index contributed by atoms with van der Waals surface area (Å²) in [6, 6.07) is 12.1. The number of ether oxygens (including phenoxy) is 1. The number of benzene rings is 2. The maximum Gasteiger partial charge on any atom is 0.261 e. The van der Waals surface area contributed by atoms with Crippen molar-refractivity contribution in [2.24, 2.45) is 0 Å². The number of carbonyl (C=O) groups excluding carboxylic acids is 2. The van der Waals surface area contributed by atoms with Crippen molar-refractivity contribution in [3.8, 4) is 5.75 Å². The van der Waals surface area contributed by atoms with Gasteiger partial charge in [0.2, 0.25) is 5.91 Å². The molecule has 0 bridgehead atoms. The number of para-hydroxylation sites is 1. The summed E-state index contributed by atoms with van der Waals surface area (Å²) in [7, 11) is 0. The van der Waals surface area contributed by atoms with Crippen molar-refractivity contribution in [2.45, 2.75) is 45.8 Å². The van der Waals surface area contributed by atoms with E-state index >= 15 is 0 Å². The van der Waals surface area contributed by atoms with Crippen LogP contribution in [0.1, 0.15) is 32.8 Å². The molecule has 1 N–H and O–H groups in total. The Bertz CT molecular complexity index is 846. The number of rotatable bonds is 9. The van der Waals surface area contributed by atoms with E-state index in [1.165, 1.54) is 11.0 Å². The van der Waals surface area contributed by atoms with E-state index in [2.05, 4.69) is 5.32 Å². The highest BCUT2D eigenvalue weighted by atomic mass is 35.5. The zero-order valence-electron chi connectivity index (χ0n) is 16.8. The Morgan fingerprint density at radius 1 is 1.14 bits per heavy atom. The topological polar surface area (TPSA) is 58.6 Å². The molecule has 0 saturated carbocycles. The summed E-state index contributed by atoms with van der Waals surface area (Å²) in [6.07, 6.45) is 0.759. The first-order valence-electron chi connectivity index (χ1n) is 9.54. The molecule has 29 heavy (non-hydrogen) atoms. The van der Waals surface area contributed by atoms with Crippen LogP contribution in [0.3, 0.4) is 0 Å². The third kappa shape index (κ3) is 6.46. The highest BCUT2D eigenvalue weighted by Gasteiger charge is 2.28.